The lowest BCUT2D eigenvalue weighted by atomic mass is 10.0. The highest BCUT2D eigenvalue weighted by atomic mass is 32.1. The lowest BCUT2D eigenvalue weighted by molar-refractivity contribution is -0.134. The molecule has 0 fully saturated rings. The number of rotatable bonds is 25. The number of nitriles is 1. The molecule has 9 aromatic rings. The number of aryl methyl sites for hydroxylation is 2. The number of fused-ring (bicyclic) bond motifs is 2. The number of nitrogens with zero attached hydrogens (tertiary/aromatic N) is 1. The number of thiophene rings is 6. The fourth-order valence-corrected chi connectivity index (χ4v) is 16.4. The van der Waals surface area contributed by atoms with Gasteiger partial charge in [0, 0.05) is 63.9 Å². The molecule has 6 aromatic heterocycles. The summed E-state index contributed by atoms with van der Waals surface area (Å²) in [6, 6.07) is 38.6. The second-order valence-corrected chi connectivity index (χ2v) is 25.9. The Hall–Kier alpha value is -5.65. The first kappa shape index (κ1) is 54.2. The number of carbonyl (C=O) groups excluding carboxylic acids is 1. The van der Waals surface area contributed by atoms with Gasteiger partial charge in [0.2, 0.25) is 0 Å². The van der Waals surface area contributed by atoms with Crippen LogP contribution in [0, 0.1) is 17.1 Å². The standard InChI is InChI=1S/C63H62FNO4S6/c1-40(2)51-33-45(14-10-6-8-12-30-68-49-25-18-42(19-26-49)20-29-61(66)67-5)62(74-51)59-38-58-56(73-59)36-55(71-58)53-34-46(63(75-53)60-37-57-54(72-60)35-52(70-57)41(3)4)15-11-7-9-13-31-69-50-27-21-44(22-28-50)47(39-65)32-43-16-23-48(64)24-17-43/h16-29,32-38,40-41H,6-15,30-31H2,1-5H3/b29-20+,47-32+. The summed E-state index contributed by atoms with van der Waals surface area (Å²) in [6.45, 7) is 10.5. The quantitative estimate of drug-likeness (QED) is 0.0188. The Labute approximate surface area is 465 Å². The fraction of sp³-hybridized carbons (Fsp3) is 0.302. The molecule has 0 saturated heterocycles. The van der Waals surface area contributed by atoms with E-state index in [0.29, 0.717) is 30.6 Å². The van der Waals surface area contributed by atoms with Gasteiger partial charge in [-0.2, -0.15) is 5.26 Å². The van der Waals surface area contributed by atoms with E-state index in [1.807, 2.05) is 117 Å². The third kappa shape index (κ3) is 14.2. The van der Waals surface area contributed by atoms with Crippen molar-refractivity contribution in [1.29, 1.82) is 5.26 Å². The zero-order chi connectivity index (χ0) is 52.3. The molecular weight excluding hydrogens is 1050 g/mol. The molecule has 0 radical (unpaired) electrons. The highest BCUT2D eigenvalue weighted by Gasteiger charge is 2.21. The van der Waals surface area contributed by atoms with Crippen LogP contribution in [-0.2, 0) is 22.4 Å². The van der Waals surface area contributed by atoms with E-state index in [4.69, 9.17) is 9.47 Å². The molecule has 0 bridgehead atoms. The first-order valence-electron chi connectivity index (χ1n) is 25.9. The van der Waals surface area contributed by atoms with Crippen LogP contribution in [0.3, 0.4) is 0 Å². The number of ether oxygens (including phenoxy) is 3. The van der Waals surface area contributed by atoms with Crippen molar-refractivity contribution in [2.75, 3.05) is 20.3 Å². The fourth-order valence-electron chi connectivity index (χ4n) is 8.86. The van der Waals surface area contributed by atoms with Crippen LogP contribution in [-0.4, -0.2) is 26.3 Å². The number of unbranched alkanes of at least 4 members (excludes halogenated alkanes) is 6. The van der Waals surface area contributed by atoms with Crippen LogP contribution in [0.4, 0.5) is 4.39 Å². The number of benzene rings is 3. The summed E-state index contributed by atoms with van der Waals surface area (Å²) in [4.78, 5) is 22.7. The SMILES string of the molecule is COC(=O)/C=C/c1ccc(OCCCCCCc2cc(C(C)C)sc2-c2cc3sc(-c4cc(CCCCCCOc5ccc(/C(C#N)=C/c6ccc(F)cc6)cc5)c(-c5cc6sc(C(C)C)cc6s5)s4)cc3s2)cc1. The molecule has 0 saturated carbocycles. The lowest BCUT2D eigenvalue weighted by Gasteiger charge is -2.07. The summed E-state index contributed by atoms with van der Waals surface area (Å²) in [5.74, 6) is 2.01. The second kappa shape index (κ2) is 25.9. The zero-order valence-electron chi connectivity index (χ0n) is 43.2. The van der Waals surface area contributed by atoms with Gasteiger partial charge in [0.05, 0.1) is 32.0 Å². The summed E-state index contributed by atoms with van der Waals surface area (Å²) in [5.41, 5.74) is 5.98. The smallest absolute Gasteiger partial charge is 0.330 e. The summed E-state index contributed by atoms with van der Waals surface area (Å²) in [5, 5.41) is 9.78. The Morgan fingerprint density at radius 3 is 1.64 bits per heavy atom. The van der Waals surface area contributed by atoms with Gasteiger partial charge in [-0.05, 0) is 175 Å². The minimum Gasteiger partial charge on any atom is -0.494 e. The Kier molecular flexibility index (Phi) is 18.7. The molecule has 5 nitrogen and oxygen atoms in total. The first-order chi connectivity index (χ1) is 36.5. The molecule has 3 aromatic carbocycles. The van der Waals surface area contributed by atoms with Crippen molar-refractivity contribution in [2.45, 2.75) is 104 Å². The minimum absolute atomic E-state index is 0.297. The van der Waals surface area contributed by atoms with Crippen molar-refractivity contribution in [1.82, 2.24) is 0 Å². The van der Waals surface area contributed by atoms with Crippen LogP contribution in [0.1, 0.15) is 128 Å². The minimum atomic E-state index is -0.366. The average Bonchev–Trinajstić information content (AvgIpc) is 4.29. The van der Waals surface area contributed by atoms with Gasteiger partial charge in [-0.25, -0.2) is 9.18 Å². The average molecular weight is 1110 g/mol. The molecule has 0 N–H and O–H groups in total. The van der Waals surface area contributed by atoms with Crippen LogP contribution in [0.15, 0.2) is 115 Å². The highest BCUT2D eigenvalue weighted by molar-refractivity contribution is 7.34. The van der Waals surface area contributed by atoms with Gasteiger partial charge in [0.25, 0.3) is 0 Å². The summed E-state index contributed by atoms with van der Waals surface area (Å²) < 4.78 is 35.7. The molecule has 0 aliphatic rings. The maximum atomic E-state index is 13.4. The van der Waals surface area contributed by atoms with E-state index >= 15 is 0 Å². The number of allylic oxidation sites excluding steroid dienone is 1. The molecule has 386 valence electrons. The molecule has 75 heavy (non-hydrogen) atoms. The first-order valence-corrected chi connectivity index (χ1v) is 30.8. The van der Waals surface area contributed by atoms with Crippen molar-refractivity contribution in [2.24, 2.45) is 0 Å². The number of hydrogen-bond donors (Lipinski definition) is 0. The van der Waals surface area contributed by atoms with Gasteiger partial charge < -0.3 is 14.2 Å². The van der Waals surface area contributed by atoms with E-state index in [1.165, 1.54) is 101 Å². The van der Waals surface area contributed by atoms with Crippen LogP contribution in [0.25, 0.3) is 65.8 Å². The monoisotopic (exact) mass is 1110 g/mol. The van der Waals surface area contributed by atoms with Gasteiger partial charge in [-0.1, -0.05) is 77.6 Å². The van der Waals surface area contributed by atoms with Gasteiger partial charge >= 0.3 is 5.97 Å². The number of carbonyl (C=O) groups is 1. The second-order valence-electron chi connectivity index (χ2n) is 19.4. The van der Waals surface area contributed by atoms with Crippen molar-refractivity contribution < 1.29 is 23.4 Å². The molecule has 6 heterocycles. The zero-order valence-corrected chi connectivity index (χ0v) is 48.1. The number of esters is 1. The lowest BCUT2D eigenvalue weighted by Crippen LogP contribution is -1.97. The topological polar surface area (TPSA) is 68.6 Å². The van der Waals surface area contributed by atoms with Crippen LogP contribution >= 0.6 is 68.0 Å². The molecule has 0 unspecified atom stereocenters. The molecule has 0 aliphatic heterocycles. The maximum Gasteiger partial charge on any atom is 0.330 e. The maximum absolute atomic E-state index is 13.4. The van der Waals surface area contributed by atoms with E-state index in [0.717, 1.165) is 86.0 Å². The van der Waals surface area contributed by atoms with Gasteiger partial charge in [-0.3, -0.25) is 0 Å². The predicted molar refractivity (Wildman–Crippen MR) is 322 cm³/mol. The Morgan fingerprint density at radius 2 is 1.05 bits per heavy atom. The van der Waals surface area contributed by atoms with E-state index in [9.17, 15) is 14.4 Å². The summed E-state index contributed by atoms with van der Waals surface area (Å²) >= 11 is 11.7. The van der Waals surface area contributed by atoms with Crippen molar-refractivity contribution in [3.63, 3.8) is 0 Å². The van der Waals surface area contributed by atoms with Crippen LogP contribution in [0.2, 0.25) is 0 Å². The third-order valence-corrected chi connectivity index (χ3v) is 21.2. The number of methoxy groups -OCH3 is 1. The molecule has 0 amide bonds. The summed E-state index contributed by atoms with van der Waals surface area (Å²) in [6.07, 6.45) is 15.9. The van der Waals surface area contributed by atoms with Crippen molar-refractivity contribution >= 4 is 111 Å². The Bertz CT molecular complexity index is 3360. The highest BCUT2D eigenvalue weighted by Crippen LogP contribution is 2.50. The number of hydrogen-bond acceptors (Lipinski definition) is 11. The number of halogens is 1. The van der Waals surface area contributed by atoms with Crippen LogP contribution < -0.4 is 9.47 Å². The van der Waals surface area contributed by atoms with E-state index in [2.05, 4.69) is 74.9 Å². The molecule has 12 heteroatoms. The summed E-state index contributed by atoms with van der Waals surface area (Å²) in [7, 11) is 1.38. The Balaban J connectivity index is 0.802. The Morgan fingerprint density at radius 1 is 0.560 bits per heavy atom. The molecular formula is C63H62FNO4S6. The van der Waals surface area contributed by atoms with Crippen molar-refractivity contribution in [3.8, 4) is 46.8 Å². The molecule has 0 aliphatic carbocycles. The molecule has 9 rings (SSSR count). The van der Waals surface area contributed by atoms with Gasteiger partial charge in [0.1, 0.15) is 17.3 Å². The van der Waals surface area contributed by atoms with Gasteiger partial charge in [0.15, 0.2) is 0 Å². The predicted octanol–water partition coefficient (Wildman–Crippen LogP) is 20.4. The van der Waals surface area contributed by atoms with Gasteiger partial charge in [-0.15, -0.1) is 68.0 Å². The normalized spacial score (nSPS) is 12.0. The molecule has 0 atom stereocenters. The van der Waals surface area contributed by atoms with E-state index in [-0.39, 0.29) is 11.8 Å². The van der Waals surface area contributed by atoms with Crippen LogP contribution in [0.5, 0.6) is 11.5 Å². The van der Waals surface area contributed by atoms with E-state index in [1.54, 1.807) is 24.3 Å². The molecule has 0 spiro atoms. The van der Waals surface area contributed by atoms with Crippen molar-refractivity contribution in [3.05, 3.63) is 159 Å². The third-order valence-electron chi connectivity index (χ3n) is 13.1. The largest absolute Gasteiger partial charge is 0.494 e. The van der Waals surface area contributed by atoms with E-state index < -0.39 is 0 Å².